The van der Waals surface area contributed by atoms with Gasteiger partial charge < -0.3 is 14.8 Å². The maximum Gasteiger partial charge on any atom is 0.255 e. The first kappa shape index (κ1) is 19.3. The number of amides is 1. The summed E-state index contributed by atoms with van der Waals surface area (Å²) in [6.07, 6.45) is 6.96. The molecule has 2 aromatic rings. The highest BCUT2D eigenvalue weighted by Crippen LogP contribution is 2.35. The first-order valence-corrected chi connectivity index (χ1v) is 11.0. The van der Waals surface area contributed by atoms with Crippen LogP contribution in [0.2, 0.25) is 0 Å². The van der Waals surface area contributed by atoms with Crippen molar-refractivity contribution < 1.29 is 4.79 Å². The van der Waals surface area contributed by atoms with Crippen molar-refractivity contribution in [3.05, 3.63) is 58.3 Å². The topological polar surface area (TPSA) is 70.5 Å². The van der Waals surface area contributed by atoms with E-state index in [9.17, 15) is 9.59 Å². The highest BCUT2D eigenvalue weighted by atomic mass is 16.2. The molecule has 1 N–H and O–H groups in total. The first-order chi connectivity index (χ1) is 14.7. The van der Waals surface area contributed by atoms with Crippen LogP contribution < -0.4 is 10.9 Å². The molecule has 5 rings (SSSR count). The Morgan fingerprint density at radius 2 is 2.00 bits per heavy atom. The average molecular weight is 408 g/mol. The number of anilines is 1. The number of likely N-dealkylation sites (tertiary alicyclic amines) is 2. The van der Waals surface area contributed by atoms with E-state index in [1.165, 1.54) is 12.8 Å². The predicted molar refractivity (Wildman–Crippen MR) is 115 cm³/mol. The van der Waals surface area contributed by atoms with Gasteiger partial charge in [0, 0.05) is 55.7 Å². The van der Waals surface area contributed by atoms with Crippen LogP contribution in [0.15, 0.2) is 41.5 Å². The Balaban J connectivity index is 1.28. The van der Waals surface area contributed by atoms with Crippen LogP contribution in [0, 0.1) is 5.92 Å². The summed E-state index contributed by atoms with van der Waals surface area (Å²) >= 11 is 0. The van der Waals surface area contributed by atoms with Crippen molar-refractivity contribution in [1.29, 1.82) is 0 Å². The Labute approximate surface area is 176 Å². The van der Waals surface area contributed by atoms with Crippen molar-refractivity contribution in [1.82, 2.24) is 19.4 Å². The fraction of sp³-hybridized carbons (Fsp3) is 0.522. The summed E-state index contributed by atoms with van der Waals surface area (Å²) in [5.41, 5.74) is 3.03. The zero-order valence-corrected chi connectivity index (χ0v) is 17.3. The van der Waals surface area contributed by atoms with Crippen LogP contribution >= 0.6 is 0 Å². The summed E-state index contributed by atoms with van der Waals surface area (Å²) in [4.78, 5) is 34.4. The number of nitrogens with one attached hydrogen (secondary N) is 1. The normalized spacial score (nSPS) is 23.3. The second-order valence-electron chi connectivity index (χ2n) is 8.88. The lowest BCUT2D eigenvalue weighted by Crippen LogP contribution is -2.50. The maximum atomic E-state index is 13.1. The Bertz CT molecular complexity index is 967. The molecular weight excluding hydrogens is 378 g/mol. The van der Waals surface area contributed by atoms with E-state index in [0.29, 0.717) is 12.5 Å². The molecule has 0 aromatic carbocycles. The molecule has 5 heterocycles. The molecule has 0 radical (unpaired) electrons. The maximum absolute atomic E-state index is 13.1. The van der Waals surface area contributed by atoms with Gasteiger partial charge >= 0.3 is 0 Å². The molecule has 7 heteroatoms. The van der Waals surface area contributed by atoms with Gasteiger partial charge in [0.25, 0.3) is 5.56 Å². The number of carbonyl (C=O) groups excluding carboxylic acids is 1. The lowest BCUT2D eigenvalue weighted by Gasteiger charge is -2.43. The molecule has 0 aliphatic carbocycles. The third-order valence-electron chi connectivity index (χ3n) is 6.73. The molecule has 2 saturated heterocycles. The van der Waals surface area contributed by atoms with Crippen molar-refractivity contribution in [2.24, 2.45) is 5.92 Å². The molecule has 0 unspecified atom stereocenters. The number of nitrogens with zero attached hydrogens (tertiary/aromatic N) is 4. The Morgan fingerprint density at radius 1 is 1.13 bits per heavy atom. The fourth-order valence-electron chi connectivity index (χ4n) is 5.25. The number of pyridine rings is 2. The molecule has 30 heavy (non-hydrogen) atoms. The van der Waals surface area contributed by atoms with E-state index >= 15 is 0 Å². The van der Waals surface area contributed by atoms with Gasteiger partial charge in [-0.3, -0.25) is 19.5 Å². The molecule has 2 bridgehead atoms. The molecule has 1 amide bonds. The summed E-state index contributed by atoms with van der Waals surface area (Å²) in [5, 5.41) is 3.16. The van der Waals surface area contributed by atoms with Gasteiger partial charge in [0.05, 0.1) is 12.2 Å². The molecule has 2 atom stereocenters. The van der Waals surface area contributed by atoms with Crippen molar-refractivity contribution in [3.63, 3.8) is 0 Å². The highest BCUT2D eigenvalue weighted by molar-refractivity contribution is 5.81. The van der Waals surface area contributed by atoms with Gasteiger partial charge in [-0.25, -0.2) is 0 Å². The Hall–Kier alpha value is -2.67. The summed E-state index contributed by atoms with van der Waals surface area (Å²) in [6.45, 7) is 5.36. The monoisotopic (exact) mass is 407 g/mol. The standard InChI is InChI=1S/C23H29N5O2/c29-22(12-25-20-4-3-7-24-11-20)27-13-17-10-19(16-27)21-6-5-18(23(30)28(21)14-17)15-26-8-1-2-9-26/h3-7,11,17,19,25H,1-2,8-10,12-16H2/t17-,19+/m0/s1. The van der Waals surface area contributed by atoms with E-state index in [0.717, 1.165) is 56.1 Å². The zero-order valence-electron chi connectivity index (χ0n) is 17.3. The molecule has 0 saturated carbocycles. The van der Waals surface area contributed by atoms with Gasteiger partial charge in [0.15, 0.2) is 0 Å². The number of piperidine rings is 1. The third-order valence-corrected chi connectivity index (χ3v) is 6.73. The van der Waals surface area contributed by atoms with Gasteiger partial charge in [0.1, 0.15) is 0 Å². The van der Waals surface area contributed by atoms with Crippen molar-refractivity contribution >= 4 is 11.6 Å². The summed E-state index contributed by atoms with van der Waals surface area (Å²) < 4.78 is 2.00. The van der Waals surface area contributed by atoms with Crippen LogP contribution in [0.5, 0.6) is 0 Å². The molecule has 2 fully saturated rings. The highest BCUT2D eigenvalue weighted by Gasteiger charge is 2.36. The number of fused-ring (bicyclic) bond motifs is 4. The van der Waals surface area contributed by atoms with E-state index in [4.69, 9.17) is 0 Å². The number of carbonyl (C=O) groups is 1. The number of hydrogen-bond donors (Lipinski definition) is 1. The van der Waals surface area contributed by atoms with E-state index in [-0.39, 0.29) is 23.9 Å². The molecule has 3 aliphatic heterocycles. The molecule has 2 aromatic heterocycles. The number of rotatable bonds is 5. The minimum Gasteiger partial charge on any atom is -0.375 e. The van der Waals surface area contributed by atoms with Crippen LogP contribution in [0.3, 0.4) is 0 Å². The lowest BCUT2D eigenvalue weighted by molar-refractivity contribution is -0.132. The van der Waals surface area contributed by atoms with Gasteiger partial charge in [0.2, 0.25) is 5.91 Å². The van der Waals surface area contributed by atoms with Crippen LogP contribution in [-0.4, -0.2) is 58.0 Å². The number of aromatic nitrogens is 2. The minimum atomic E-state index is 0.106. The van der Waals surface area contributed by atoms with Gasteiger partial charge in [-0.05, 0) is 56.5 Å². The SMILES string of the molecule is O=C(CNc1cccnc1)N1C[C@@H]2C[C@H](C1)c1ccc(CN3CCCC3)c(=O)n1C2. The summed E-state index contributed by atoms with van der Waals surface area (Å²) in [6, 6.07) is 7.92. The number of hydrogen-bond acceptors (Lipinski definition) is 5. The van der Waals surface area contributed by atoms with Crippen LogP contribution in [0.25, 0.3) is 0 Å². The average Bonchev–Trinajstić information content (AvgIpc) is 3.28. The van der Waals surface area contributed by atoms with Crippen molar-refractivity contribution in [2.75, 3.05) is 38.0 Å². The van der Waals surface area contributed by atoms with E-state index in [2.05, 4.69) is 21.3 Å². The summed E-state index contributed by atoms with van der Waals surface area (Å²) in [5.74, 6) is 0.696. The van der Waals surface area contributed by atoms with Gasteiger partial charge in [-0.2, -0.15) is 0 Å². The lowest BCUT2D eigenvalue weighted by atomic mass is 9.83. The van der Waals surface area contributed by atoms with E-state index in [1.54, 1.807) is 12.4 Å². The van der Waals surface area contributed by atoms with Crippen LogP contribution in [0.4, 0.5) is 5.69 Å². The molecule has 0 spiro atoms. The van der Waals surface area contributed by atoms with Crippen molar-refractivity contribution in [3.8, 4) is 0 Å². The Kier molecular flexibility index (Phi) is 5.29. The zero-order chi connectivity index (χ0) is 20.5. The van der Waals surface area contributed by atoms with Gasteiger partial charge in [-0.1, -0.05) is 6.07 Å². The smallest absolute Gasteiger partial charge is 0.255 e. The second-order valence-corrected chi connectivity index (χ2v) is 8.88. The van der Waals surface area contributed by atoms with Crippen molar-refractivity contribution in [2.45, 2.75) is 38.3 Å². The molecule has 3 aliphatic rings. The van der Waals surface area contributed by atoms with Crippen LogP contribution in [-0.2, 0) is 17.9 Å². The second kappa shape index (κ2) is 8.22. The molecule has 7 nitrogen and oxygen atoms in total. The third kappa shape index (κ3) is 3.86. The van der Waals surface area contributed by atoms with E-state index in [1.807, 2.05) is 27.7 Å². The first-order valence-electron chi connectivity index (χ1n) is 11.0. The Morgan fingerprint density at radius 3 is 2.80 bits per heavy atom. The molecular formula is C23H29N5O2. The quantitative estimate of drug-likeness (QED) is 0.820. The van der Waals surface area contributed by atoms with Gasteiger partial charge in [-0.15, -0.1) is 0 Å². The largest absolute Gasteiger partial charge is 0.375 e. The van der Waals surface area contributed by atoms with E-state index < -0.39 is 0 Å². The summed E-state index contributed by atoms with van der Waals surface area (Å²) in [7, 11) is 0. The predicted octanol–water partition coefficient (Wildman–Crippen LogP) is 1.90. The molecule has 158 valence electrons. The fourth-order valence-corrected chi connectivity index (χ4v) is 5.25. The van der Waals surface area contributed by atoms with Crippen LogP contribution in [0.1, 0.15) is 36.4 Å². The minimum absolute atomic E-state index is 0.106.